The Morgan fingerprint density at radius 3 is 2.63 bits per heavy atom. The van der Waals surface area contributed by atoms with Gasteiger partial charge in [0.25, 0.3) is 5.91 Å². The van der Waals surface area contributed by atoms with E-state index >= 15 is 0 Å². The van der Waals surface area contributed by atoms with Crippen LogP contribution in [0.15, 0.2) is 53.0 Å². The van der Waals surface area contributed by atoms with Crippen LogP contribution in [0.25, 0.3) is 0 Å². The van der Waals surface area contributed by atoms with E-state index in [0.29, 0.717) is 6.42 Å². The number of hydrogen-bond donors (Lipinski definition) is 2. The Morgan fingerprint density at radius 2 is 1.90 bits per heavy atom. The number of halogens is 1. The lowest BCUT2D eigenvalue weighted by atomic mass is 9.72. The zero-order valence-corrected chi connectivity index (χ0v) is 18.0. The summed E-state index contributed by atoms with van der Waals surface area (Å²) in [4.78, 5) is 39.9. The van der Waals surface area contributed by atoms with Crippen LogP contribution in [-0.2, 0) is 27.1 Å². The highest BCUT2D eigenvalue weighted by molar-refractivity contribution is 9.10. The fourth-order valence-electron chi connectivity index (χ4n) is 4.99. The van der Waals surface area contributed by atoms with Gasteiger partial charge in [-0.2, -0.15) is 0 Å². The Morgan fingerprint density at radius 1 is 1.10 bits per heavy atom. The first-order valence-electron chi connectivity index (χ1n) is 10.2. The molecule has 0 bridgehead atoms. The lowest BCUT2D eigenvalue weighted by Crippen LogP contribution is -2.54. The van der Waals surface area contributed by atoms with E-state index in [2.05, 4.69) is 26.6 Å². The largest absolute Gasteiger partial charge is 0.345 e. The summed E-state index contributed by atoms with van der Waals surface area (Å²) in [7, 11) is 0. The van der Waals surface area contributed by atoms with Crippen LogP contribution < -0.4 is 10.6 Å². The molecule has 2 aliphatic carbocycles. The van der Waals surface area contributed by atoms with Gasteiger partial charge in [-0.1, -0.05) is 52.3 Å². The molecule has 2 aromatic carbocycles. The predicted octanol–water partition coefficient (Wildman–Crippen LogP) is 3.34. The molecule has 1 unspecified atom stereocenters. The summed E-state index contributed by atoms with van der Waals surface area (Å²) in [5.41, 5.74) is 1.48. The maximum Gasteiger partial charge on any atom is 0.325 e. The van der Waals surface area contributed by atoms with Crippen LogP contribution in [0.4, 0.5) is 4.79 Å². The molecule has 1 heterocycles. The summed E-state index contributed by atoms with van der Waals surface area (Å²) in [6.07, 6.45) is 3.96. The summed E-state index contributed by atoms with van der Waals surface area (Å²) in [5, 5.41) is 5.98. The van der Waals surface area contributed by atoms with Gasteiger partial charge in [-0.05, 0) is 60.9 Å². The Balaban J connectivity index is 1.34. The van der Waals surface area contributed by atoms with Crippen LogP contribution in [0.1, 0.15) is 42.4 Å². The number of rotatable bonds is 4. The van der Waals surface area contributed by atoms with Gasteiger partial charge in [0.05, 0.1) is 5.54 Å². The minimum atomic E-state index is -1.04. The van der Waals surface area contributed by atoms with Crippen molar-refractivity contribution in [1.82, 2.24) is 15.5 Å². The number of carbonyl (C=O) groups excluding carboxylic acids is 3. The number of urea groups is 1. The molecular formula is C23H22BrN3O3. The van der Waals surface area contributed by atoms with Gasteiger partial charge in [-0.15, -0.1) is 0 Å². The quantitative estimate of drug-likeness (QED) is 0.676. The second-order valence-corrected chi connectivity index (χ2v) is 9.29. The van der Waals surface area contributed by atoms with Crippen molar-refractivity contribution in [3.63, 3.8) is 0 Å². The molecule has 154 valence electrons. The number of carbonyl (C=O) groups is 3. The molecule has 2 N–H and O–H groups in total. The van der Waals surface area contributed by atoms with Crippen LogP contribution in [0.3, 0.4) is 0 Å². The topological polar surface area (TPSA) is 78.5 Å². The van der Waals surface area contributed by atoms with E-state index in [1.54, 1.807) is 0 Å². The van der Waals surface area contributed by atoms with E-state index in [0.717, 1.165) is 51.7 Å². The monoisotopic (exact) mass is 467 g/mol. The van der Waals surface area contributed by atoms with Gasteiger partial charge in [0.15, 0.2) is 0 Å². The Hall–Kier alpha value is -2.67. The standard InChI is InChI=1S/C23H22BrN3O3/c24-17-7-3-6-16(13-17)22(10-4-11-22)25-19(28)14-27-20(29)23(26-21(27)30)12-9-15-5-1-2-8-18(15)23/h1-3,5-8,13H,4,9-12,14H2,(H,25,28)(H,26,30). The Labute approximate surface area is 183 Å². The summed E-state index contributed by atoms with van der Waals surface area (Å²) in [6, 6.07) is 15.1. The number of nitrogens with zero attached hydrogens (tertiary/aromatic N) is 1. The molecule has 4 amide bonds. The number of imide groups is 1. The highest BCUT2D eigenvalue weighted by Gasteiger charge is 2.55. The molecule has 6 nitrogen and oxygen atoms in total. The summed E-state index contributed by atoms with van der Waals surface area (Å²) in [5.74, 6) is -0.653. The molecular weight excluding hydrogens is 446 g/mol. The first kappa shape index (κ1) is 19.3. The number of amides is 4. The summed E-state index contributed by atoms with van der Waals surface area (Å²) in [6.45, 7) is -0.273. The number of nitrogens with one attached hydrogen (secondary N) is 2. The molecule has 1 atom stereocenters. The number of hydrogen-bond acceptors (Lipinski definition) is 3. The first-order valence-corrected chi connectivity index (χ1v) is 11.0. The third kappa shape index (κ3) is 2.87. The zero-order chi connectivity index (χ0) is 20.9. The van der Waals surface area contributed by atoms with Crippen LogP contribution in [0.5, 0.6) is 0 Å². The van der Waals surface area contributed by atoms with Crippen LogP contribution >= 0.6 is 15.9 Å². The first-order chi connectivity index (χ1) is 14.4. The lowest BCUT2D eigenvalue weighted by Gasteiger charge is -2.43. The van der Waals surface area contributed by atoms with E-state index < -0.39 is 17.1 Å². The van der Waals surface area contributed by atoms with Gasteiger partial charge in [0, 0.05) is 4.47 Å². The van der Waals surface area contributed by atoms with Gasteiger partial charge < -0.3 is 10.6 Å². The minimum absolute atomic E-state index is 0.273. The molecule has 7 heteroatoms. The molecule has 3 aliphatic rings. The number of fused-ring (bicyclic) bond motifs is 2. The smallest absolute Gasteiger partial charge is 0.325 e. The van der Waals surface area contributed by atoms with Crippen molar-refractivity contribution in [3.8, 4) is 0 Å². The SMILES string of the molecule is O=C(CN1C(=O)NC2(CCc3ccccc32)C1=O)NC1(c2cccc(Br)c2)CCC1. The molecule has 1 saturated heterocycles. The van der Waals surface area contributed by atoms with Crippen LogP contribution in [0.2, 0.25) is 0 Å². The highest BCUT2D eigenvalue weighted by atomic mass is 79.9. The van der Waals surface area contributed by atoms with E-state index in [9.17, 15) is 14.4 Å². The van der Waals surface area contributed by atoms with Crippen molar-refractivity contribution in [2.45, 2.75) is 43.2 Å². The number of benzene rings is 2. The third-order valence-electron chi connectivity index (χ3n) is 6.69. The zero-order valence-electron chi connectivity index (χ0n) is 16.4. The molecule has 1 saturated carbocycles. The van der Waals surface area contributed by atoms with Crippen molar-refractivity contribution in [3.05, 3.63) is 69.7 Å². The molecule has 0 aromatic heterocycles. The van der Waals surface area contributed by atoms with E-state index in [1.807, 2.05) is 48.5 Å². The van der Waals surface area contributed by atoms with Gasteiger partial charge in [-0.3, -0.25) is 14.5 Å². The average Bonchev–Trinajstić information content (AvgIpc) is 3.18. The molecule has 2 aromatic rings. The lowest BCUT2D eigenvalue weighted by molar-refractivity contribution is -0.136. The minimum Gasteiger partial charge on any atom is -0.345 e. The van der Waals surface area contributed by atoms with Crippen LogP contribution in [0, 0.1) is 0 Å². The average molecular weight is 468 g/mol. The van der Waals surface area contributed by atoms with Crippen molar-refractivity contribution in [2.24, 2.45) is 0 Å². The van der Waals surface area contributed by atoms with Crippen molar-refractivity contribution < 1.29 is 14.4 Å². The van der Waals surface area contributed by atoms with Gasteiger partial charge in [0.1, 0.15) is 12.1 Å². The van der Waals surface area contributed by atoms with Crippen LogP contribution in [-0.4, -0.2) is 29.3 Å². The van der Waals surface area contributed by atoms with Gasteiger partial charge in [0.2, 0.25) is 5.91 Å². The maximum absolute atomic E-state index is 13.3. The van der Waals surface area contributed by atoms with Gasteiger partial charge in [-0.25, -0.2) is 4.79 Å². The molecule has 0 radical (unpaired) electrons. The van der Waals surface area contributed by atoms with E-state index in [-0.39, 0.29) is 18.4 Å². The summed E-state index contributed by atoms with van der Waals surface area (Å²) >= 11 is 3.49. The molecule has 1 spiro atoms. The Bertz CT molecular complexity index is 1070. The van der Waals surface area contributed by atoms with E-state index in [4.69, 9.17) is 0 Å². The number of aryl methyl sites for hydroxylation is 1. The fourth-order valence-corrected chi connectivity index (χ4v) is 5.38. The van der Waals surface area contributed by atoms with Gasteiger partial charge >= 0.3 is 6.03 Å². The highest BCUT2D eigenvalue weighted by Crippen LogP contribution is 2.43. The summed E-state index contributed by atoms with van der Waals surface area (Å²) < 4.78 is 0.955. The molecule has 5 rings (SSSR count). The second-order valence-electron chi connectivity index (χ2n) is 8.38. The van der Waals surface area contributed by atoms with E-state index in [1.165, 1.54) is 0 Å². The fraction of sp³-hybridized carbons (Fsp3) is 0.348. The molecule has 30 heavy (non-hydrogen) atoms. The third-order valence-corrected chi connectivity index (χ3v) is 7.18. The normalized spacial score (nSPS) is 23.8. The van der Waals surface area contributed by atoms with Crippen molar-refractivity contribution in [1.29, 1.82) is 0 Å². The molecule has 1 aliphatic heterocycles. The predicted molar refractivity (Wildman–Crippen MR) is 114 cm³/mol. The Kier molecular flexibility index (Phi) is 4.47. The maximum atomic E-state index is 13.3. The van der Waals surface area contributed by atoms with Crippen molar-refractivity contribution >= 4 is 33.8 Å². The second kappa shape index (κ2) is 6.94. The molecule has 2 fully saturated rings. The van der Waals surface area contributed by atoms with Crippen molar-refractivity contribution in [2.75, 3.05) is 6.54 Å².